The summed E-state index contributed by atoms with van der Waals surface area (Å²) >= 11 is 5.85. The molecule has 1 aliphatic heterocycles. The number of nitrogens with zero attached hydrogens (tertiary/aromatic N) is 2. The van der Waals surface area contributed by atoms with Gasteiger partial charge in [0.15, 0.2) is 0 Å². The van der Waals surface area contributed by atoms with Crippen molar-refractivity contribution in [2.75, 3.05) is 0 Å². The van der Waals surface area contributed by atoms with Crippen molar-refractivity contribution < 1.29 is 14.3 Å². The van der Waals surface area contributed by atoms with Crippen LogP contribution in [0.1, 0.15) is 63.5 Å². The lowest BCUT2D eigenvalue weighted by Gasteiger charge is -2.43. The maximum absolute atomic E-state index is 12.6. The van der Waals surface area contributed by atoms with E-state index in [4.69, 9.17) is 16.3 Å². The van der Waals surface area contributed by atoms with Crippen molar-refractivity contribution >= 4 is 23.6 Å². The Morgan fingerprint density at radius 2 is 1.81 bits per heavy atom. The van der Waals surface area contributed by atoms with E-state index in [0.717, 1.165) is 0 Å². The van der Waals surface area contributed by atoms with Gasteiger partial charge in [-0.3, -0.25) is 4.79 Å². The van der Waals surface area contributed by atoms with Gasteiger partial charge in [0, 0.05) is 18.1 Å². The first-order valence-corrected chi connectivity index (χ1v) is 9.31. The van der Waals surface area contributed by atoms with E-state index in [0.29, 0.717) is 29.3 Å². The van der Waals surface area contributed by atoms with Gasteiger partial charge in [-0.25, -0.2) is 9.78 Å². The number of halogens is 1. The SMILES string of the molecule is Cc1nc(Cl)ccc1C(=O)NC1C[C@H](C)N(C(=O)OC(C)(C)C)[C@@H](C)C1. The first-order chi connectivity index (χ1) is 12.0. The van der Waals surface area contributed by atoms with Gasteiger partial charge in [0.2, 0.25) is 0 Å². The predicted octanol–water partition coefficient (Wildman–Crippen LogP) is 3.95. The summed E-state index contributed by atoms with van der Waals surface area (Å²) in [5, 5.41) is 3.43. The molecule has 0 unspecified atom stereocenters. The fourth-order valence-corrected chi connectivity index (χ4v) is 3.60. The third-order valence-electron chi connectivity index (χ3n) is 4.44. The van der Waals surface area contributed by atoms with Crippen LogP contribution in [0.4, 0.5) is 4.79 Å². The maximum Gasteiger partial charge on any atom is 0.410 e. The molecule has 2 amide bonds. The van der Waals surface area contributed by atoms with E-state index < -0.39 is 5.60 Å². The van der Waals surface area contributed by atoms with Gasteiger partial charge in [-0.2, -0.15) is 0 Å². The van der Waals surface area contributed by atoms with Crippen molar-refractivity contribution in [1.29, 1.82) is 0 Å². The average molecular weight is 382 g/mol. The minimum absolute atomic E-state index is 0.0127. The van der Waals surface area contributed by atoms with Crippen molar-refractivity contribution in [3.8, 4) is 0 Å². The summed E-state index contributed by atoms with van der Waals surface area (Å²) < 4.78 is 5.51. The van der Waals surface area contributed by atoms with E-state index in [9.17, 15) is 9.59 Å². The second kappa shape index (κ2) is 7.82. The fourth-order valence-electron chi connectivity index (χ4n) is 3.41. The highest BCUT2D eigenvalue weighted by atomic mass is 35.5. The molecule has 6 nitrogen and oxygen atoms in total. The van der Waals surface area contributed by atoms with E-state index in [2.05, 4.69) is 10.3 Å². The number of carbonyl (C=O) groups excluding carboxylic acids is 2. The van der Waals surface area contributed by atoms with Crippen LogP contribution < -0.4 is 5.32 Å². The van der Waals surface area contributed by atoms with Crippen LogP contribution in [-0.2, 0) is 4.74 Å². The van der Waals surface area contributed by atoms with Gasteiger partial charge in [-0.15, -0.1) is 0 Å². The summed E-state index contributed by atoms with van der Waals surface area (Å²) in [7, 11) is 0. The molecule has 0 radical (unpaired) electrons. The molecule has 1 saturated heterocycles. The van der Waals surface area contributed by atoms with Crippen LogP contribution in [0, 0.1) is 6.92 Å². The van der Waals surface area contributed by atoms with Crippen molar-refractivity contribution in [3.05, 3.63) is 28.5 Å². The molecule has 1 aromatic heterocycles. The van der Waals surface area contributed by atoms with Gasteiger partial charge in [-0.1, -0.05) is 11.6 Å². The van der Waals surface area contributed by atoms with Crippen molar-refractivity contribution in [3.63, 3.8) is 0 Å². The minimum atomic E-state index is -0.527. The van der Waals surface area contributed by atoms with Crippen LogP contribution in [-0.4, -0.2) is 45.6 Å². The molecular formula is C19H28ClN3O3. The topological polar surface area (TPSA) is 71.5 Å². The maximum atomic E-state index is 12.6. The Morgan fingerprint density at radius 3 is 2.31 bits per heavy atom. The number of ether oxygens (including phenoxy) is 1. The number of hydrogen-bond donors (Lipinski definition) is 1. The van der Waals surface area contributed by atoms with E-state index in [1.807, 2.05) is 34.6 Å². The largest absolute Gasteiger partial charge is 0.444 e. The number of pyridine rings is 1. The van der Waals surface area contributed by atoms with Gasteiger partial charge >= 0.3 is 6.09 Å². The Kier molecular flexibility index (Phi) is 6.17. The number of likely N-dealkylation sites (tertiary alicyclic amines) is 1. The molecule has 1 fully saturated rings. The molecule has 0 aromatic carbocycles. The molecular weight excluding hydrogens is 354 g/mol. The van der Waals surface area contributed by atoms with Crippen molar-refractivity contribution in [2.24, 2.45) is 0 Å². The lowest BCUT2D eigenvalue weighted by Crippen LogP contribution is -2.56. The molecule has 0 saturated carbocycles. The van der Waals surface area contributed by atoms with Crippen LogP contribution in [0.2, 0.25) is 5.15 Å². The molecule has 0 aliphatic carbocycles. The zero-order chi connectivity index (χ0) is 19.6. The fraction of sp³-hybridized carbons (Fsp3) is 0.632. The molecule has 1 aromatic rings. The summed E-state index contributed by atoms with van der Waals surface area (Å²) in [6, 6.07) is 3.23. The molecule has 2 atom stereocenters. The van der Waals surface area contributed by atoms with E-state index in [-0.39, 0.29) is 30.1 Å². The highest BCUT2D eigenvalue weighted by molar-refractivity contribution is 6.29. The number of amides is 2. The molecule has 0 bridgehead atoms. The number of hydrogen-bond acceptors (Lipinski definition) is 4. The Labute approximate surface area is 160 Å². The second-order valence-corrected chi connectivity index (χ2v) is 8.38. The highest BCUT2D eigenvalue weighted by Gasteiger charge is 2.37. The van der Waals surface area contributed by atoms with E-state index >= 15 is 0 Å². The molecule has 7 heteroatoms. The monoisotopic (exact) mass is 381 g/mol. The number of rotatable bonds is 2. The zero-order valence-corrected chi connectivity index (χ0v) is 17.1. The average Bonchev–Trinajstić information content (AvgIpc) is 2.43. The summed E-state index contributed by atoms with van der Waals surface area (Å²) in [6.07, 6.45) is 1.05. The van der Waals surface area contributed by atoms with Gasteiger partial charge in [0.25, 0.3) is 5.91 Å². The lowest BCUT2D eigenvalue weighted by molar-refractivity contribution is -0.00355. The number of aryl methyl sites for hydroxylation is 1. The third kappa shape index (κ3) is 5.10. The summed E-state index contributed by atoms with van der Waals surface area (Å²) in [5.74, 6) is -0.165. The Hall–Kier alpha value is -1.82. The second-order valence-electron chi connectivity index (χ2n) is 7.99. The van der Waals surface area contributed by atoms with E-state index in [1.54, 1.807) is 24.0 Å². The van der Waals surface area contributed by atoms with Crippen LogP contribution in [0.3, 0.4) is 0 Å². The van der Waals surface area contributed by atoms with Crippen molar-refractivity contribution in [2.45, 2.75) is 78.1 Å². The van der Waals surface area contributed by atoms with Crippen LogP contribution >= 0.6 is 11.6 Å². The predicted molar refractivity (Wildman–Crippen MR) is 101 cm³/mol. The molecule has 144 valence electrons. The Bertz CT molecular complexity index is 675. The van der Waals surface area contributed by atoms with Crippen LogP contribution in [0.15, 0.2) is 12.1 Å². The number of nitrogens with one attached hydrogen (secondary N) is 1. The third-order valence-corrected chi connectivity index (χ3v) is 4.65. The van der Waals surface area contributed by atoms with Gasteiger partial charge in [-0.05, 0) is 66.5 Å². The molecule has 1 aliphatic rings. The standard InChI is InChI=1S/C19H28ClN3O3/c1-11-9-14(10-12(2)23(11)18(25)26-19(4,5)6)22-17(24)15-7-8-16(20)21-13(15)3/h7-8,11-12,14H,9-10H2,1-6H3,(H,22,24)/t11-,12-/m0/s1. The molecule has 0 spiro atoms. The first-order valence-electron chi connectivity index (χ1n) is 8.93. The Morgan fingerprint density at radius 1 is 1.23 bits per heavy atom. The molecule has 26 heavy (non-hydrogen) atoms. The number of carbonyl (C=O) groups is 2. The number of piperidine rings is 1. The minimum Gasteiger partial charge on any atom is -0.444 e. The first kappa shape index (κ1) is 20.5. The molecule has 2 heterocycles. The van der Waals surface area contributed by atoms with Gasteiger partial charge in [0.1, 0.15) is 10.8 Å². The zero-order valence-electron chi connectivity index (χ0n) is 16.3. The summed E-state index contributed by atoms with van der Waals surface area (Å²) in [5.41, 5.74) is 0.590. The number of aromatic nitrogens is 1. The van der Waals surface area contributed by atoms with Gasteiger partial charge in [0.05, 0.1) is 11.3 Å². The molecule has 1 N–H and O–H groups in total. The van der Waals surface area contributed by atoms with E-state index in [1.165, 1.54) is 0 Å². The Balaban J connectivity index is 2.02. The molecule has 2 rings (SSSR count). The smallest absolute Gasteiger partial charge is 0.410 e. The van der Waals surface area contributed by atoms with Crippen LogP contribution in [0.5, 0.6) is 0 Å². The summed E-state index contributed by atoms with van der Waals surface area (Å²) in [6.45, 7) is 11.3. The van der Waals surface area contributed by atoms with Crippen molar-refractivity contribution in [1.82, 2.24) is 15.2 Å². The lowest BCUT2D eigenvalue weighted by atomic mass is 9.93. The normalized spacial score (nSPS) is 23.5. The highest BCUT2D eigenvalue weighted by Crippen LogP contribution is 2.26. The quantitative estimate of drug-likeness (QED) is 0.787. The summed E-state index contributed by atoms with van der Waals surface area (Å²) in [4.78, 5) is 30.9. The van der Waals surface area contributed by atoms with Crippen LogP contribution in [0.25, 0.3) is 0 Å². The van der Waals surface area contributed by atoms with Gasteiger partial charge < -0.3 is 15.0 Å².